The summed E-state index contributed by atoms with van der Waals surface area (Å²) in [5.74, 6) is 0.841. The molecular formula is C24H17ClO6. The predicted molar refractivity (Wildman–Crippen MR) is 115 cm³/mol. The lowest BCUT2D eigenvalue weighted by molar-refractivity contribution is 0.0734. The Morgan fingerprint density at radius 2 is 1.68 bits per heavy atom. The highest BCUT2D eigenvalue weighted by Crippen LogP contribution is 2.35. The van der Waals surface area contributed by atoms with Crippen molar-refractivity contribution in [2.24, 2.45) is 0 Å². The molecule has 0 aliphatic carbocycles. The summed E-state index contributed by atoms with van der Waals surface area (Å²) >= 11 is 5.89. The summed E-state index contributed by atoms with van der Waals surface area (Å²) in [4.78, 5) is 25.1. The van der Waals surface area contributed by atoms with Crippen molar-refractivity contribution in [3.05, 3.63) is 88.1 Å². The number of benzene rings is 3. The number of Topliss-reactive ketones (excluding diaryl/α,β-unsaturated/α-hetero) is 1. The quantitative estimate of drug-likeness (QED) is 0.311. The number of ketones is 1. The average Bonchev–Trinajstić information content (AvgIpc) is 3.09. The van der Waals surface area contributed by atoms with Crippen LogP contribution in [0.1, 0.15) is 26.3 Å². The first-order chi connectivity index (χ1) is 15.0. The zero-order valence-electron chi connectivity index (χ0n) is 16.7. The molecule has 0 N–H and O–H groups in total. The normalized spacial score (nSPS) is 13.5. The van der Waals surface area contributed by atoms with E-state index in [0.29, 0.717) is 33.4 Å². The summed E-state index contributed by atoms with van der Waals surface area (Å²) in [5.41, 5.74) is 1.46. The van der Waals surface area contributed by atoms with Crippen molar-refractivity contribution >= 4 is 29.4 Å². The van der Waals surface area contributed by atoms with E-state index in [2.05, 4.69) is 0 Å². The second-order valence-electron chi connectivity index (χ2n) is 6.61. The van der Waals surface area contributed by atoms with E-state index in [1.807, 2.05) is 0 Å². The molecule has 0 spiro atoms. The van der Waals surface area contributed by atoms with Crippen LogP contribution in [0, 0.1) is 0 Å². The first kappa shape index (κ1) is 20.5. The van der Waals surface area contributed by atoms with Crippen LogP contribution >= 0.6 is 11.6 Å². The van der Waals surface area contributed by atoms with Gasteiger partial charge < -0.3 is 18.9 Å². The number of methoxy groups -OCH3 is 2. The summed E-state index contributed by atoms with van der Waals surface area (Å²) in [7, 11) is 2.99. The van der Waals surface area contributed by atoms with Gasteiger partial charge in [-0.25, -0.2) is 4.79 Å². The van der Waals surface area contributed by atoms with Gasteiger partial charge in [-0.3, -0.25) is 4.79 Å². The molecule has 3 aromatic carbocycles. The lowest BCUT2D eigenvalue weighted by Gasteiger charge is -2.10. The summed E-state index contributed by atoms with van der Waals surface area (Å²) in [6, 6.07) is 16.4. The van der Waals surface area contributed by atoms with Crippen LogP contribution in [0.4, 0.5) is 0 Å². The van der Waals surface area contributed by atoms with Gasteiger partial charge >= 0.3 is 5.97 Å². The molecular weight excluding hydrogens is 420 g/mol. The maximum absolute atomic E-state index is 12.6. The molecule has 3 aromatic rings. The van der Waals surface area contributed by atoms with Crippen LogP contribution < -0.4 is 18.9 Å². The van der Waals surface area contributed by atoms with Crippen molar-refractivity contribution in [2.45, 2.75) is 0 Å². The fraction of sp³-hybridized carbons (Fsp3) is 0.0833. The average molecular weight is 437 g/mol. The van der Waals surface area contributed by atoms with Gasteiger partial charge in [0.25, 0.3) is 0 Å². The Hall–Kier alpha value is -3.77. The van der Waals surface area contributed by atoms with Crippen LogP contribution in [-0.4, -0.2) is 26.0 Å². The molecule has 156 valence electrons. The first-order valence-corrected chi connectivity index (χ1v) is 9.64. The maximum atomic E-state index is 12.6. The third-order valence-electron chi connectivity index (χ3n) is 4.64. The van der Waals surface area contributed by atoms with Gasteiger partial charge in [0.1, 0.15) is 11.5 Å². The monoisotopic (exact) mass is 436 g/mol. The zero-order valence-corrected chi connectivity index (χ0v) is 17.4. The Kier molecular flexibility index (Phi) is 5.64. The number of carbonyl (C=O) groups excluding carboxylic acids is 2. The second kappa shape index (κ2) is 8.53. The van der Waals surface area contributed by atoms with Crippen molar-refractivity contribution in [3.8, 4) is 23.0 Å². The molecule has 0 radical (unpaired) electrons. The Balaban J connectivity index is 1.53. The molecule has 1 aliphatic rings. The highest BCUT2D eigenvalue weighted by molar-refractivity contribution is 6.30. The Morgan fingerprint density at radius 1 is 0.935 bits per heavy atom. The smallest absolute Gasteiger partial charge is 0.343 e. The van der Waals surface area contributed by atoms with Crippen LogP contribution in [0.25, 0.3) is 6.08 Å². The largest absolute Gasteiger partial charge is 0.493 e. The van der Waals surface area contributed by atoms with E-state index in [0.717, 1.165) is 5.56 Å². The Morgan fingerprint density at radius 3 is 2.39 bits per heavy atom. The molecule has 0 aromatic heterocycles. The summed E-state index contributed by atoms with van der Waals surface area (Å²) in [5, 5.41) is 0.602. The number of ether oxygens (including phenoxy) is 4. The van der Waals surface area contributed by atoms with Crippen LogP contribution in [0.2, 0.25) is 5.02 Å². The van der Waals surface area contributed by atoms with E-state index in [1.54, 1.807) is 54.6 Å². The minimum Gasteiger partial charge on any atom is -0.493 e. The van der Waals surface area contributed by atoms with Gasteiger partial charge in [-0.15, -0.1) is 0 Å². The van der Waals surface area contributed by atoms with Crippen molar-refractivity contribution in [2.75, 3.05) is 14.2 Å². The van der Waals surface area contributed by atoms with Crippen LogP contribution in [0.5, 0.6) is 23.0 Å². The summed E-state index contributed by atoms with van der Waals surface area (Å²) < 4.78 is 21.5. The van der Waals surface area contributed by atoms with Crippen molar-refractivity contribution in [1.82, 2.24) is 0 Å². The zero-order chi connectivity index (χ0) is 22.0. The lowest BCUT2D eigenvalue weighted by Crippen LogP contribution is -2.09. The third kappa shape index (κ3) is 4.25. The first-order valence-electron chi connectivity index (χ1n) is 9.26. The molecule has 6 nitrogen and oxygen atoms in total. The molecule has 0 unspecified atom stereocenters. The topological polar surface area (TPSA) is 71.1 Å². The molecule has 0 fully saturated rings. The molecule has 1 heterocycles. The molecule has 0 amide bonds. The molecule has 31 heavy (non-hydrogen) atoms. The number of halogens is 1. The second-order valence-corrected chi connectivity index (χ2v) is 7.05. The van der Waals surface area contributed by atoms with Crippen molar-refractivity contribution in [3.63, 3.8) is 0 Å². The number of allylic oxidation sites excluding steroid dienone is 1. The van der Waals surface area contributed by atoms with Gasteiger partial charge in [0.15, 0.2) is 17.3 Å². The number of esters is 1. The van der Waals surface area contributed by atoms with E-state index in [-0.39, 0.29) is 17.3 Å². The van der Waals surface area contributed by atoms with Gasteiger partial charge in [-0.2, -0.15) is 0 Å². The van der Waals surface area contributed by atoms with Gasteiger partial charge in [0.05, 0.1) is 25.3 Å². The van der Waals surface area contributed by atoms with E-state index in [4.69, 9.17) is 30.5 Å². The summed E-state index contributed by atoms with van der Waals surface area (Å²) in [6.07, 6.45) is 1.63. The number of hydrogen-bond acceptors (Lipinski definition) is 6. The van der Waals surface area contributed by atoms with Crippen molar-refractivity contribution in [1.29, 1.82) is 0 Å². The van der Waals surface area contributed by atoms with E-state index in [1.165, 1.54) is 26.4 Å². The molecule has 4 rings (SSSR count). The van der Waals surface area contributed by atoms with Crippen LogP contribution in [0.15, 0.2) is 66.4 Å². The Labute approximate surface area is 183 Å². The highest BCUT2D eigenvalue weighted by Gasteiger charge is 2.28. The van der Waals surface area contributed by atoms with Gasteiger partial charge in [-0.05, 0) is 54.1 Å². The summed E-state index contributed by atoms with van der Waals surface area (Å²) in [6.45, 7) is 0. The molecule has 0 atom stereocenters. The minimum atomic E-state index is -0.581. The predicted octanol–water partition coefficient (Wildman–Crippen LogP) is 5.19. The van der Waals surface area contributed by atoms with Gasteiger partial charge in [-0.1, -0.05) is 23.7 Å². The van der Waals surface area contributed by atoms with Crippen molar-refractivity contribution < 1.29 is 28.5 Å². The minimum absolute atomic E-state index is 0.181. The molecule has 0 saturated carbocycles. The van der Waals surface area contributed by atoms with E-state index < -0.39 is 5.97 Å². The SMILES string of the molecule is COc1ccc(C(=O)Oc2ccc3c(c2)OC(=Cc2ccc(Cl)cc2)C3=O)cc1OC. The molecule has 0 bridgehead atoms. The number of hydrogen-bond donors (Lipinski definition) is 0. The number of fused-ring (bicyclic) bond motifs is 1. The number of carbonyl (C=O) groups is 2. The molecule has 1 aliphatic heterocycles. The fourth-order valence-corrected chi connectivity index (χ4v) is 3.20. The fourth-order valence-electron chi connectivity index (χ4n) is 3.07. The van der Waals surface area contributed by atoms with E-state index >= 15 is 0 Å². The number of rotatable bonds is 5. The highest BCUT2D eigenvalue weighted by atomic mass is 35.5. The van der Waals surface area contributed by atoms with Gasteiger partial charge in [0.2, 0.25) is 5.78 Å². The lowest BCUT2D eigenvalue weighted by atomic mass is 10.1. The standard InChI is InChI=1S/C24H17ClO6/c1-28-19-10-5-15(12-21(19)29-2)24(27)30-17-8-9-18-20(13-17)31-22(23(18)26)11-14-3-6-16(25)7-4-14/h3-13H,1-2H3. The Bertz CT molecular complexity index is 1200. The molecule has 7 heteroatoms. The molecule has 0 saturated heterocycles. The van der Waals surface area contributed by atoms with Crippen LogP contribution in [0.3, 0.4) is 0 Å². The van der Waals surface area contributed by atoms with E-state index in [9.17, 15) is 9.59 Å². The third-order valence-corrected chi connectivity index (χ3v) is 4.89. The van der Waals surface area contributed by atoms with Gasteiger partial charge in [0, 0.05) is 11.1 Å². The maximum Gasteiger partial charge on any atom is 0.343 e. The van der Waals surface area contributed by atoms with Crippen LogP contribution in [-0.2, 0) is 0 Å².